The van der Waals surface area contributed by atoms with Crippen molar-refractivity contribution in [3.05, 3.63) is 42.1 Å². The number of aromatic nitrogens is 2. The Balaban J connectivity index is 1.40. The van der Waals surface area contributed by atoms with Gasteiger partial charge in [-0.2, -0.15) is 5.10 Å². The number of piperidine rings is 3. The Hall–Kier alpha value is -1.81. The van der Waals surface area contributed by atoms with Gasteiger partial charge in [0.05, 0.1) is 6.20 Å². The van der Waals surface area contributed by atoms with E-state index in [4.69, 9.17) is 0 Å². The fourth-order valence-electron chi connectivity index (χ4n) is 3.83. The van der Waals surface area contributed by atoms with Crippen molar-refractivity contribution < 1.29 is 0 Å². The summed E-state index contributed by atoms with van der Waals surface area (Å²) < 4.78 is 0. The molecule has 3 aliphatic rings. The van der Waals surface area contributed by atoms with Gasteiger partial charge in [-0.25, -0.2) is 0 Å². The fraction of sp³-hybridized carbons (Fsp3) is 0.471. The molecule has 0 aliphatic carbocycles. The van der Waals surface area contributed by atoms with Crippen LogP contribution in [0, 0.1) is 11.8 Å². The van der Waals surface area contributed by atoms with E-state index in [1.54, 1.807) is 6.20 Å². The predicted octanol–water partition coefficient (Wildman–Crippen LogP) is 3.04. The van der Waals surface area contributed by atoms with E-state index < -0.39 is 0 Å². The van der Waals surface area contributed by atoms with Crippen molar-refractivity contribution in [3.63, 3.8) is 0 Å². The van der Waals surface area contributed by atoms with E-state index in [0.29, 0.717) is 0 Å². The van der Waals surface area contributed by atoms with E-state index in [0.717, 1.165) is 23.3 Å². The Morgan fingerprint density at radius 3 is 2.57 bits per heavy atom. The van der Waals surface area contributed by atoms with Gasteiger partial charge in [0.15, 0.2) is 0 Å². The normalized spacial score (nSPS) is 27.7. The number of rotatable bonds is 4. The van der Waals surface area contributed by atoms with Crippen LogP contribution in [-0.4, -0.2) is 34.7 Å². The van der Waals surface area contributed by atoms with Crippen molar-refractivity contribution in [1.82, 2.24) is 15.1 Å². The first-order chi connectivity index (χ1) is 10.4. The number of hydrogen-bond acceptors (Lipinski definition) is 3. The van der Waals surface area contributed by atoms with E-state index in [1.165, 1.54) is 44.5 Å². The van der Waals surface area contributed by atoms with Crippen LogP contribution in [0.1, 0.15) is 18.4 Å². The van der Waals surface area contributed by atoms with E-state index in [1.807, 2.05) is 6.07 Å². The highest BCUT2D eigenvalue weighted by molar-refractivity contribution is 5.55. The van der Waals surface area contributed by atoms with Gasteiger partial charge in [-0.05, 0) is 61.9 Å². The van der Waals surface area contributed by atoms with Crippen molar-refractivity contribution in [2.75, 3.05) is 25.0 Å². The molecule has 4 heteroatoms. The standard InChI is InChI=1S/C17H22N4/c1-3-16(19-17-5-8-18-20-17)4-2-13(1)11-15-12-21-9-6-14(15)7-10-21/h1-5,8,14-15H,6-7,9-12H2,(H2,18,19,20). The monoisotopic (exact) mass is 282 g/mol. The van der Waals surface area contributed by atoms with E-state index in [2.05, 4.69) is 44.7 Å². The van der Waals surface area contributed by atoms with Crippen LogP contribution in [0.15, 0.2) is 36.5 Å². The van der Waals surface area contributed by atoms with E-state index in [9.17, 15) is 0 Å². The Labute approximate surface area is 125 Å². The smallest absolute Gasteiger partial charge is 0.125 e. The van der Waals surface area contributed by atoms with Crippen molar-refractivity contribution in [1.29, 1.82) is 0 Å². The summed E-state index contributed by atoms with van der Waals surface area (Å²) in [5.74, 6) is 2.75. The molecule has 3 fully saturated rings. The molecule has 1 aromatic heterocycles. The summed E-state index contributed by atoms with van der Waals surface area (Å²) in [6.07, 6.45) is 5.80. The molecule has 1 aromatic carbocycles. The van der Waals surface area contributed by atoms with Crippen LogP contribution in [0.5, 0.6) is 0 Å². The largest absolute Gasteiger partial charge is 0.341 e. The fourth-order valence-corrected chi connectivity index (χ4v) is 3.83. The van der Waals surface area contributed by atoms with Gasteiger partial charge in [0.1, 0.15) is 5.82 Å². The SMILES string of the molecule is c1cc(Nc2ccc(CC3CN4CCC3CC4)cc2)[nH]n1. The Morgan fingerprint density at radius 2 is 1.95 bits per heavy atom. The van der Waals surface area contributed by atoms with Gasteiger partial charge in [-0.15, -0.1) is 0 Å². The molecule has 3 aliphatic heterocycles. The molecular formula is C17H22N4. The Bertz CT molecular complexity index is 567. The topological polar surface area (TPSA) is 44.0 Å². The summed E-state index contributed by atoms with van der Waals surface area (Å²) in [6, 6.07) is 10.8. The lowest BCUT2D eigenvalue weighted by molar-refractivity contribution is 0.0513. The maximum atomic E-state index is 3.94. The third-order valence-corrected chi connectivity index (χ3v) is 5.02. The first-order valence-electron chi connectivity index (χ1n) is 7.94. The van der Waals surface area contributed by atoms with Crippen LogP contribution < -0.4 is 5.32 Å². The lowest BCUT2D eigenvalue weighted by atomic mass is 9.76. The molecule has 1 unspecified atom stereocenters. The molecule has 0 spiro atoms. The first kappa shape index (κ1) is 12.9. The van der Waals surface area contributed by atoms with Crippen LogP contribution in [0.25, 0.3) is 0 Å². The number of H-pyrrole nitrogens is 1. The molecule has 2 bridgehead atoms. The third kappa shape index (κ3) is 2.81. The highest BCUT2D eigenvalue weighted by Crippen LogP contribution is 2.34. The summed E-state index contributed by atoms with van der Waals surface area (Å²) in [5, 5.41) is 10.2. The average molecular weight is 282 g/mol. The number of aromatic amines is 1. The highest BCUT2D eigenvalue weighted by Gasteiger charge is 2.33. The second kappa shape index (κ2) is 5.53. The molecule has 110 valence electrons. The molecule has 3 saturated heterocycles. The lowest BCUT2D eigenvalue weighted by Gasteiger charge is -2.45. The summed E-state index contributed by atoms with van der Waals surface area (Å²) in [7, 11) is 0. The number of benzene rings is 1. The van der Waals surface area contributed by atoms with Crippen LogP contribution in [0.4, 0.5) is 11.5 Å². The molecule has 0 radical (unpaired) electrons. The second-order valence-corrected chi connectivity index (χ2v) is 6.39. The zero-order valence-corrected chi connectivity index (χ0v) is 12.3. The number of hydrogen-bond donors (Lipinski definition) is 2. The summed E-state index contributed by atoms with van der Waals surface area (Å²) in [6.45, 7) is 3.96. The molecule has 5 rings (SSSR count). The second-order valence-electron chi connectivity index (χ2n) is 6.39. The third-order valence-electron chi connectivity index (χ3n) is 5.02. The molecule has 4 heterocycles. The van der Waals surface area contributed by atoms with Crippen molar-refractivity contribution in [2.24, 2.45) is 11.8 Å². The summed E-state index contributed by atoms with van der Waals surface area (Å²) in [4.78, 5) is 2.64. The zero-order chi connectivity index (χ0) is 14.1. The van der Waals surface area contributed by atoms with E-state index >= 15 is 0 Å². The van der Waals surface area contributed by atoms with Gasteiger partial charge in [0, 0.05) is 18.3 Å². The number of anilines is 2. The minimum Gasteiger partial charge on any atom is -0.341 e. The highest BCUT2D eigenvalue weighted by atomic mass is 15.2. The molecule has 0 amide bonds. The molecule has 21 heavy (non-hydrogen) atoms. The first-order valence-corrected chi connectivity index (χ1v) is 7.94. The van der Waals surface area contributed by atoms with Crippen LogP contribution in [0.2, 0.25) is 0 Å². The minimum atomic E-state index is 0.860. The van der Waals surface area contributed by atoms with Gasteiger partial charge < -0.3 is 10.2 Å². The van der Waals surface area contributed by atoms with Crippen LogP contribution in [-0.2, 0) is 6.42 Å². The summed E-state index contributed by atoms with van der Waals surface area (Å²) >= 11 is 0. The molecule has 0 saturated carbocycles. The van der Waals surface area contributed by atoms with Crippen molar-refractivity contribution >= 4 is 11.5 Å². The van der Waals surface area contributed by atoms with Gasteiger partial charge >= 0.3 is 0 Å². The average Bonchev–Trinajstić information content (AvgIpc) is 3.03. The molecule has 2 aromatic rings. The Kier molecular flexibility index (Phi) is 3.39. The van der Waals surface area contributed by atoms with Crippen LogP contribution in [0.3, 0.4) is 0 Å². The maximum Gasteiger partial charge on any atom is 0.125 e. The molecule has 4 nitrogen and oxygen atoms in total. The summed E-state index contributed by atoms with van der Waals surface area (Å²) in [5.41, 5.74) is 2.57. The predicted molar refractivity (Wildman–Crippen MR) is 84.7 cm³/mol. The van der Waals surface area contributed by atoms with Crippen molar-refractivity contribution in [3.8, 4) is 0 Å². The number of fused-ring (bicyclic) bond motifs is 3. The zero-order valence-electron chi connectivity index (χ0n) is 12.3. The van der Waals surface area contributed by atoms with Crippen LogP contribution >= 0.6 is 0 Å². The van der Waals surface area contributed by atoms with E-state index in [-0.39, 0.29) is 0 Å². The number of nitrogens with one attached hydrogen (secondary N) is 2. The molecule has 2 N–H and O–H groups in total. The lowest BCUT2D eigenvalue weighted by Crippen LogP contribution is -2.48. The van der Waals surface area contributed by atoms with Crippen molar-refractivity contribution in [2.45, 2.75) is 19.3 Å². The number of nitrogens with zero attached hydrogens (tertiary/aromatic N) is 2. The van der Waals surface area contributed by atoms with Gasteiger partial charge in [0.25, 0.3) is 0 Å². The maximum absolute atomic E-state index is 3.94. The molecule has 1 atom stereocenters. The Morgan fingerprint density at radius 1 is 1.14 bits per heavy atom. The quantitative estimate of drug-likeness (QED) is 0.906. The van der Waals surface area contributed by atoms with Gasteiger partial charge in [-0.3, -0.25) is 5.10 Å². The minimum absolute atomic E-state index is 0.860. The van der Waals surface area contributed by atoms with Gasteiger partial charge in [-0.1, -0.05) is 12.1 Å². The van der Waals surface area contributed by atoms with Gasteiger partial charge in [0.2, 0.25) is 0 Å². The molecular weight excluding hydrogens is 260 g/mol.